The van der Waals surface area contributed by atoms with Gasteiger partial charge < -0.3 is 11.1 Å². The first-order chi connectivity index (χ1) is 8.16. The van der Waals surface area contributed by atoms with Gasteiger partial charge in [-0.3, -0.25) is 0 Å². The van der Waals surface area contributed by atoms with E-state index in [2.05, 4.69) is 11.4 Å². The Morgan fingerprint density at radius 1 is 1.41 bits per heavy atom. The zero-order valence-electron chi connectivity index (χ0n) is 9.60. The highest BCUT2D eigenvalue weighted by Crippen LogP contribution is 2.25. The highest BCUT2D eigenvalue weighted by atomic mass is 127. The predicted molar refractivity (Wildman–Crippen MR) is 78.6 cm³/mol. The Balaban J connectivity index is 1.92. The van der Waals surface area contributed by atoms with Gasteiger partial charge in [0.1, 0.15) is 5.82 Å². The summed E-state index contributed by atoms with van der Waals surface area (Å²) in [6, 6.07) is 3.13. The number of benzene rings is 1. The highest BCUT2D eigenvalue weighted by molar-refractivity contribution is 14.1. The molecule has 3 N–H and O–H groups in total. The van der Waals surface area contributed by atoms with Crippen molar-refractivity contribution < 1.29 is 4.39 Å². The maximum Gasteiger partial charge on any atom is 0.138 e. The minimum absolute atomic E-state index is 0.220. The second kappa shape index (κ2) is 5.71. The molecule has 17 heavy (non-hydrogen) atoms. The van der Waals surface area contributed by atoms with Crippen LogP contribution in [0.25, 0.3) is 0 Å². The molecule has 1 aliphatic rings. The van der Waals surface area contributed by atoms with Gasteiger partial charge in [-0.05, 0) is 54.3 Å². The fourth-order valence-electron chi connectivity index (χ4n) is 2.04. The summed E-state index contributed by atoms with van der Waals surface area (Å²) in [6.07, 6.45) is 7.01. The van der Waals surface area contributed by atoms with Crippen LogP contribution in [0.4, 0.5) is 15.8 Å². The third-order valence-electron chi connectivity index (χ3n) is 2.99. The van der Waals surface area contributed by atoms with Crippen molar-refractivity contribution in [1.82, 2.24) is 0 Å². The van der Waals surface area contributed by atoms with Gasteiger partial charge in [0.2, 0.25) is 0 Å². The summed E-state index contributed by atoms with van der Waals surface area (Å²) in [7, 11) is 0. The quantitative estimate of drug-likeness (QED) is 0.493. The molecular weight excluding hydrogens is 330 g/mol. The Bertz CT molecular complexity index is 443. The molecule has 2 rings (SSSR count). The molecule has 0 aliphatic heterocycles. The second-order valence-electron chi connectivity index (χ2n) is 4.28. The standard InChI is InChI=1S/C13H16FIN2/c14-10-7-13(12(16)8-11(10)15)17-6-5-9-3-1-2-4-9/h3,7-8,17H,1-2,4-6,16H2. The van der Waals surface area contributed by atoms with Crippen LogP contribution in [0.1, 0.15) is 25.7 Å². The van der Waals surface area contributed by atoms with Gasteiger partial charge in [-0.2, -0.15) is 0 Å². The van der Waals surface area contributed by atoms with Crippen LogP contribution in [0.15, 0.2) is 23.8 Å². The first kappa shape index (κ1) is 12.7. The van der Waals surface area contributed by atoms with E-state index < -0.39 is 0 Å². The van der Waals surface area contributed by atoms with Gasteiger partial charge in [-0.1, -0.05) is 11.6 Å². The van der Waals surface area contributed by atoms with Crippen molar-refractivity contribution in [1.29, 1.82) is 0 Å². The van der Waals surface area contributed by atoms with Crippen LogP contribution in [-0.2, 0) is 0 Å². The van der Waals surface area contributed by atoms with E-state index in [-0.39, 0.29) is 5.82 Å². The van der Waals surface area contributed by atoms with Crippen molar-refractivity contribution in [3.63, 3.8) is 0 Å². The predicted octanol–water partition coefficient (Wildman–Crippen LogP) is 3.92. The summed E-state index contributed by atoms with van der Waals surface area (Å²) >= 11 is 1.94. The molecule has 0 aromatic heterocycles. The van der Waals surface area contributed by atoms with Gasteiger partial charge in [0.25, 0.3) is 0 Å². The SMILES string of the molecule is Nc1cc(I)c(F)cc1NCCC1=CCCC1. The Hall–Kier alpha value is -0.780. The zero-order valence-corrected chi connectivity index (χ0v) is 11.8. The summed E-state index contributed by atoms with van der Waals surface area (Å²) in [5.74, 6) is -0.220. The van der Waals surface area contributed by atoms with Crippen molar-refractivity contribution in [2.75, 3.05) is 17.6 Å². The van der Waals surface area contributed by atoms with Gasteiger partial charge in [0, 0.05) is 12.6 Å². The van der Waals surface area contributed by atoms with Gasteiger partial charge in [0.05, 0.1) is 14.9 Å². The van der Waals surface area contributed by atoms with E-state index in [4.69, 9.17) is 5.73 Å². The van der Waals surface area contributed by atoms with Gasteiger partial charge in [-0.15, -0.1) is 0 Å². The van der Waals surface area contributed by atoms with E-state index in [1.807, 2.05) is 22.6 Å². The van der Waals surface area contributed by atoms with E-state index in [0.29, 0.717) is 14.9 Å². The van der Waals surface area contributed by atoms with E-state index in [9.17, 15) is 4.39 Å². The van der Waals surface area contributed by atoms with Crippen molar-refractivity contribution in [2.24, 2.45) is 0 Å². The Morgan fingerprint density at radius 3 is 2.94 bits per heavy atom. The number of halogens is 2. The van der Waals surface area contributed by atoms with Crippen molar-refractivity contribution >= 4 is 34.0 Å². The van der Waals surface area contributed by atoms with Crippen LogP contribution in [0.5, 0.6) is 0 Å². The topological polar surface area (TPSA) is 38.0 Å². The molecule has 4 heteroatoms. The molecule has 0 fully saturated rings. The van der Waals surface area contributed by atoms with Crippen LogP contribution in [0.3, 0.4) is 0 Å². The monoisotopic (exact) mass is 346 g/mol. The smallest absolute Gasteiger partial charge is 0.138 e. The van der Waals surface area contributed by atoms with Gasteiger partial charge >= 0.3 is 0 Å². The normalized spacial score (nSPS) is 14.8. The summed E-state index contributed by atoms with van der Waals surface area (Å²) < 4.78 is 13.9. The van der Waals surface area contributed by atoms with Crippen LogP contribution in [0.2, 0.25) is 0 Å². The Morgan fingerprint density at radius 2 is 2.24 bits per heavy atom. The molecule has 0 unspecified atom stereocenters. The number of allylic oxidation sites excluding steroid dienone is 1. The first-order valence-electron chi connectivity index (χ1n) is 5.83. The molecule has 0 saturated carbocycles. The largest absolute Gasteiger partial charge is 0.397 e. The summed E-state index contributed by atoms with van der Waals surface area (Å²) in [5.41, 5.74) is 8.64. The average molecular weight is 346 g/mol. The zero-order chi connectivity index (χ0) is 12.3. The number of nitrogens with one attached hydrogen (secondary N) is 1. The number of nitrogen functional groups attached to an aromatic ring is 1. The third kappa shape index (κ3) is 3.34. The lowest BCUT2D eigenvalue weighted by molar-refractivity contribution is 0.621. The molecule has 1 aromatic carbocycles. The lowest BCUT2D eigenvalue weighted by Crippen LogP contribution is -2.06. The van der Waals surface area contributed by atoms with Crippen molar-refractivity contribution in [3.05, 3.63) is 33.2 Å². The maximum atomic E-state index is 13.4. The molecule has 0 saturated heterocycles. The van der Waals surface area contributed by atoms with E-state index in [1.165, 1.54) is 30.9 Å². The minimum atomic E-state index is -0.220. The first-order valence-corrected chi connectivity index (χ1v) is 6.91. The van der Waals surface area contributed by atoms with Gasteiger partial charge in [-0.25, -0.2) is 4.39 Å². The number of rotatable bonds is 4. The van der Waals surface area contributed by atoms with E-state index >= 15 is 0 Å². The van der Waals surface area contributed by atoms with E-state index in [1.54, 1.807) is 6.07 Å². The molecule has 1 aromatic rings. The molecular formula is C13H16FIN2. The molecule has 2 nitrogen and oxygen atoms in total. The number of hydrogen-bond acceptors (Lipinski definition) is 2. The summed E-state index contributed by atoms with van der Waals surface area (Å²) in [5, 5.41) is 3.20. The lowest BCUT2D eigenvalue weighted by atomic mass is 10.1. The van der Waals surface area contributed by atoms with Crippen LogP contribution in [-0.4, -0.2) is 6.54 Å². The van der Waals surface area contributed by atoms with Crippen LogP contribution in [0, 0.1) is 9.39 Å². The summed E-state index contributed by atoms with van der Waals surface area (Å²) in [6.45, 7) is 0.816. The van der Waals surface area contributed by atoms with Crippen molar-refractivity contribution in [3.8, 4) is 0 Å². The Kier molecular flexibility index (Phi) is 4.25. The fourth-order valence-corrected chi connectivity index (χ4v) is 2.53. The summed E-state index contributed by atoms with van der Waals surface area (Å²) in [4.78, 5) is 0. The lowest BCUT2D eigenvalue weighted by Gasteiger charge is -2.10. The van der Waals surface area contributed by atoms with E-state index in [0.717, 1.165) is 13.0 Å². The van der Waals surface area contributed by atoms with Crippen molar-refractivity contribution in [2.45, 2.75) is 25.7 Å². The molecule has 92 valence electrons. The number of nitrogens with two attached hydrogens (primary N) is 1. The van der Waals surface area contributed by atoms with Crippen LogP contribution < -0.4 is 11.1 Å². The number of anilines is 2. The molecule has 0 heterocycles. The molecule has 0 bridgehead atoms. The van der Waals surface area contributed by atoms with Crippen LogP contribution >= 0.6 is 22.6 Å². The number of hydrogen-bond donors (Lipinski definition) is 2. The molecule has 1 aliphatic carbocycles. The minimum Gasteiger partial charge on any atom is -0.397 e. The van der Waals surface area contributed by atoms with Gasteiger partial charge in [0.15, 0.2) is 0 Å². The maximum absolute atomic E-state index is 13.4. The molecule has 0 atom stereocenters. The molecule has 0 radical (unpaired) electrons. The second-order valence-corrected chi connectivity index (χ2v) is 5.45. The highest BCUT2D eigenvalue weighted by Gasteiger charge is 2.07. The average Bonchev–Trinajstić information content (AvgIpc) is 2.78. The fraction of sp³-hybridized carbons (Fsp3) is 0.385. The third-order valence-corrected chi connectivity index (χ3v) is 3.82. The molecule has 0 spiro atoms. The Labute approximate surface area is 115 Å². The molecule has 0 amide bonds.